The van der Waals surface area contributed by atoms with Crippen LogP contribution < -0.4 is 5.32 Å². The molecular formula is C12H17N5O2S2. The van der Waals surface area contributed by atoms with Gasteiger partial charge in [0.15, 0.2) is 10.2 Å². The number of rotatable bonds is 8. The molecule has 1 atom stereocenters. The van der Waals surface area contributed by atoms with Crippen LogP contribution in [0.15, 0.2) is 8.86 Å². The maximum absolute atomic E-state index is 5.33. The normalized spacial score (nSPS) is 16.1. The highest BCUT2D eigenvalue weighted by atomic mass is 32.2. The van der Waals surface area contributed by atoms with Gasteiger partial charge in [-0.1, -0.05) is 28.3 Å². The van der Waals surface area contributed by atoms with Crippen LogP contribution in [0.4, 0.5) is 5.13 Å². The second-order valence-electron chi connectivity index (χ2n) is 4.82. The summed E-state index contributed by atoms with van der Waals surface area (Å²) in [7, 11) is 1.67. The third-order valence-electron chi connectivity index (χ3n) is 3.01. The summed E-state index contributed by atoms with van der Waals surface area (Å²) in [4.78, 5) is 4.46. The Hall–Kier alpha value is -1.19. The first-order valence-electron chi connectivity index (χ1n) is 6.82. The van der Waals surface area contributed by atoms with Crippen molar-refractivity contribution in [2.45, 2.75) is 35.3 Å². The molecule has 1 N–H and O–H groups in total. The van der Waals surface area contributed by atoms with E-state index in [1.165, 1.54) is 24.2 Å². The van der Waals surface area contributed by atoms with Crippen LogP contribution in [0.5, 0.6) is 0 Å². The Bertz CT molecular complexity index is 584. The SMILES string of the molecule is COCCNc1nnc(SC(C)c2nc(C3CC3)no2)s1. The molecule has 7 nitrogen and oxygen atoms in total. The number of ether oxygens (including phenoxy) is 1. The van der Waals surface area contributed by atoms with Crippen LogP contribution in [-0.4, -0.2) is 40.6 Å². The molecule has 0 spiro atoms. The molecule has 1 aliphatic carbocycles. The maximum atomic E-state index is 5.33. The lowest BCUT2D eigenvalue weighted by Crippen LogP contribution is -2.06. The van der Waals surface area contributed by atoms with Gasteiger partial charge in [-0.3, -0.25) is 0 Å². The summed E-state index contributed by atoms with van der Waals surface area (Å²) < 4.78 is 11.2. The largest absolute Gasteiger partial charge is 0.383 e. The highest BCUT2D eigenvalue weighted by Crippen LogP contribution is 2.40. The zero-order chi connectivity index (χ0) is 14.7. The van der Waals surface area contributed by atoms with Gasteiger partial charge in [0.25, 0.3) is 0 Å². The van der Waals surface area contributed by atoms with Crippen LogP contribution in [-0.2, 0) is 4.74 Å². The van der Waals surface area contributed by atoms with E-state index in [1.807, 2.05) is 6.92 Å². The van der Waals surface area contributed by atoms with Gasteiger partial charge in [0.2, 0.25) is 11.0 Å². The average Bonchev–Trinajstić information content (AvgIpc) is 3.04. The zero-order valence-corrected chi connectivity index (χ0v) is 13.5. The van der Waals surface area contributed by atoms with E-state index in [0.717, 1.165) is 21.8 Å². The zero-order valence-electron chi connectivity index (χ0n) is 11.9. The molecule has 0 amide bonds. The number of nitrogens with one attached hydrogen (secondary N) is 1. The lowest BCUT2D eigenvalue weighted by molar-refractivity contribution is 0.211. The minimum atomic E-state index is 0.0739. The molecule has 0 bridgehead atoms. The molecule has 1 unspecified atom stereocenters. The fourth-order valence-corrected chi connectivity index (χ4v) is 3.66. The molecule has 21 heavy (non-hydrogen) atoms. The van der Waals surface area contributed by atoms with Crippen molar-refractivity contribution in [2.75, 3.05) is 25.6 Å². The monoisotopic (exact) mass is 327 g/mol. The highest BCUT2D eigenvalue weighted by Gasteiger charge is 2.29. The van der Waals surface area contributed by atoms with E-state index in [-0.39, 0.29) is 5.25 Å². The van der Waals surface area contributed by atoms with Crippen molar-refractivity contribution in [3.05, 3.63) is 11.7 Å². The van der Waals surface area contributed by atoms with Crippen molar-refractivity contribution in [2.24, 2.45) is 0 Å². The summed E-state index contributed by atoms with van der Waals surface area (Å²) in [5.74, 6) is 2.01. The Kier molecular flexibility index (Phi) is 4.71. The van der Waals surface area contributed by atoms with Crippen LogP contribution in [0.25, 0.3) is 0 Å². The lowest BCUT2D eigenvalue weighted by atomic mass is 10.4. The van der Waals surface area contributed by atoms with E-state index in [2.05, 4.69) is 25.7 Å². The Morgan fingerprint density at radius 1 is 1.48 bits per heavy atom. The van der Waals surface area contributed by atoms with Crippen molar-refractivity contribution in [3.63, 3.8) is 0 Å². The highest BCUT2D eigenvalue weighted by molar-refractivity contribution is 8.01. The first-order valence-corrected chi connectivity index (χ1v) is 8.52. The molecule has 3 rings (SSSR count). The molecule has 2 aromatic heterocycles. The topological polar surface area (TPSA) is 86.0 Å². The second-order valence-corrected chi connectivity index (χ2v) is 7.38. The van der Waals surface area contributed by atoms with Crippen LogP contribution in [0, 0.1) is 0 Å². The minimum Gasteiger partial charge on any atom is -0.383 e. The van der Waals surface area contributed by atoms with Gasteiger partial charge < -0.3 is 14.6 Å². The van der Waals surface area contributed by atoms with Crippen LogP contribution in [0.2, 0.25) is 0 Å². The Balaban J connectivity index is 1.54. The molecule has 0 aromatic carbocycles. The van der Waals surface area contributed by atoms with Gasteiger partial charge in [0.1, 0.15) is 0 Å². The van der Waals surface area contributed by atoms with E-state index in [4.69, 9.17) is 9.26 Å². The van der Waals surface area contributed by atoms with E-state index in [0.29, 0.717) is 18.4 Å². The molecule has 1 fully saturated rings. The third kappa shape index (κ3) is 3.92. The third-order valence-corrected chi connectivity index (χ3v) is 5.07. The summed E-state index contributed by atoms with van der Waals surface area (Å²) in [6, 6.07) is 0. The Morgan fingerprint density at radius 2 is 2.33 bits per heavy atom. The molecule has 0 radical (unpaired) electrons. The van der Waals surface area contributed by atoms with Crippen molar-refractivity contribution in [1.82, 2.24) is 20.3 Å². The fraction of sp³-hybridized carbons (Fsp3) is 0.667. The summed E-state index contributed by atoms with van der Waals surface area (Å²) in [6.07, 6.45) is 2.35. The van der Waals surface area contributed by atoms with E-state index in [1.54, 1.807) is 18.9 Å². The molecule has 0 aliphatic heterocycles. The number of hydrogen-bond donors (Lipinski definition) is 1. The first kappa shape index (κ1) is 14.7. The van der Waals surface area contributed by atoms with Gasteiger partial charge in [-0.25, -0.2) is 0 Å². The number of aromatic nitrogens is 4. The average molecular weight is 327 g/mol. The second kappa shape index (κ2) is 6.71. The van der Waals surface area contributed by atoms with Crippen LogP contribution >= 0.6 is 23.1 Å². The summed E-state index contributed by atoms with van der Waals surface area (Å²) in [6.45, 7) is 3.40. The molecule has 1 saturated carbocycles. The van der Waals surface area contributed by atoms with Crippen molar-refractivity contribution < 1.29 is 9.26 Å². The smallest absolute Gasteiger partial charge is 0.239 e. The van der Waals surface area contributed by atoms with Crippen LogP contribution in [0.1, 0.15) is 42.6 Å². The van der Waals surface area contributed by atoms with Crippen LogP contribution in [0.3, 0.4) is 0 Å². The summed E-state index contributed by atoms with van der Waals surface area (Å²) >= 11 is 3.10. The number of hydrogen-bond acceptors (Lipinski definition) is 9. The van der Waals surface area contributed by atoms with E-state index >= 15 is 0 Å². The van der Waals surface area contributed by atoms with E-state index < -0.39 is 0 Å². The van der Waals surface area contributed by atoms with Crippen molar-refractivity contribution in [3.8, 4) is 0 Å². The van der Waals surface area contributed by atoms with Crippen molar-refractivity contribution in [1.29, 1.82) is 0 Å². The molecule has 9 heteroatoms. The Labute approximate surface area is 130 Å². The quantitative estimate of drug-likeness (QED) is 0.585. The molecule has 2 heterocycles. The molecule has 114 valence electrons. The molecule has 0 saturated heterocycles. The number of methoxy groups -OCH3 is 1. The van der Waals surface area contributed by atoms with Gasteiger partial charge in [-0.05, 0) is 19.8 Å². The number of nitrogens with zero attached hydrogens (tertiary/aromatic N) is 4. The molecule has 1 aliphatic rings. The molecular weight excluding hydrogens is 310 g/mol. The van der Waals surface area contributed by atoms with Gasteiger partial charge in [0.05, 0.1) is 11.9 Å². The maximum Gasteiger partial charge on any atom is 0.239 e. The number of thioether (sulfide) groups is 1. The first-order chi connectivity index (χ1) is 10.3. The van der Waals surface area contributed by atoms with Gasteiger partial charge in [-0.2, -0.15) is 4.98 Å². The summed E-state index contributed by atoms with van der Waals surface area (Å²) in [5, 5.41) is 16.3. The molecule has 2 aromatic rings. The van der Waals surface area contributed by atoms with Gasteiger partial charge in [0, 0.05) is 19.6 Å². The van der Waals surface area contributed by atoms with Crippen molar-refractivity contribution >= 4 is 28.2 Å². The Morgan fingerprint density at radius 3 is 3.10 bits per heavy atom. The van der Waals surface area contributed by atoms with E-state index in [9.17, 15) is 0 Å². The number of anilines is 1. The lowest BCUT2D eigenvalue weighted by Gasteiger charge is -2.01. The predicted octanol–water partition coefficient (Wildman–Crippen LogP) is 2.71. The summed E-state index contributed by atoms with van der Waals surface area (Å²) in [5.41, 5.74) is 0. The predicted molar refractivity (Wildman–Crippen MR) is 80.8 cm³/mol. The fourth-order valence-electron chi connectivity index (χ4n) is 1.71. The van der Waals surface area contributed by atoms with Gasteiger partial charge >= 0.3 is 0 Å². The standard InChI is InChI=1S/C12H17N5O2S2/c1-7(10-14-9(17-19-10)8-3-4-8)20-12-16-15-11(21-12)13-5-6-18-2/h7-8H,3-6H2,1-2H3,(H,13,15). The van der Waals surface area contributed by atoms with Gasteiger partial charge in [-0.15, -0.1) is 10.2 Å². The minimum absolute atomic E-state index is 0.0739.